The molecule has 4 atom stereocenters. The summed E-state index contributed by atoms with van der Waals surface area (Å²) in [5.41, 5.74) is 9.28. The van der Waals surface area contributed by atoms with Crippen molar-refractivity contribution in [3.63, 3.8) is 0 Å². The lowest BCUT2D eigenvalue weighted by Gasteiger charge is -2.20. The van der Waals surface area contributed by atoms with Gasteiger partial charge < -0.3 is 34.7 Å². The number of fused-ring (bicyclic) bond motifs is 6. The van der Waals surface area contributed by atoms with Crippen LogP contribution in [0.3, 0.4) is 0 Å². The summed E-state index contributed by atoms with van der Waals surface area (Å²) in [6.45, 7) is 8.32. The van der Waals surface area contributed by atoms with Gasteiger partial charge >= 0.3 is 23.9 Å². The summed E-state index contributed by atoms with van der Waals surface area (Å²) < 4.78 is 18.5. The topological polar surface area (TPSA) is 211 Å². The highest BCUT2D eigenvalue weighted by Crippen LogP contribution is 2.39. The second-order valence-electron chi connectivity index (χ2n) is 18.8. The summed E-state index contributed by atoms with van der Waals surface area (Å²) in [5.74, 6) is -5.49. The van der Waals surface area contributed by atoms with Crippen molar-refractivity contribution in [3.05, 3.63) is 201 Å². The number of carboxylic acid groups (broad SMARTS) is 4. The Hall–Kier alpha value is -8.24. The van der Waals surface area contributed by atoms with Crippen LogP contribution in [0, 0.1) is 5.82 Å². The largest absolute Gasteiger partial charge is 0.481 e. The third kappa shape index (κ3) is 12.9. The zero-order chi connectivity index (χ0) is 55.9. The first kappa shape index (κ1) is 56.0. The molecular weight excluding hydrogens is 1060 g/mol. The van der Waals surface area contributed by atoms with E-state index in [-0.39, 0.29) is 11.6 Å². The standard InChI is InChI=1S/C17H14O3S.C16H12FNO3.C15H12ClNO2.C13H14ClNO2/c1-10(17(19)20)11-6-7-15-12(8-11)9-14(18)13-4-2-3-5-16(13)21-15;1-9(16(19)20)11-4-7-14-13(8-11)18-15(21-14)10-2-5-12(17)6-3-10;1-8(15(18)19)9-2-4-11-12-7-10(16)3-5-13(12)17-14(11)6-9;1-9(13(16)17)10-4-5-12(11(14)8-10)15-6-2-3-7-15/h2-8,10H,9H2,1H3,(H,19,20);2-9H,1H3,(H,19,20);2-8,17H,1H3,(H,18,19);2-5,8-9H,6-7H2,1H3,(H,16,17). The van der Waals surface area contributed by atoms with E-state index in [1.165, 1.54) is 12.1 Å². The van der Waals surface area contributed by atoms with Crippen LogP contribution in [-0.2, 0) is 25.6 Å². The fourth-order valence-electron chi connectivity index (χ4n) is 8.67. The lowest BCUT2D eigenvalue weighted by atomic mass is 9.96. The first-order valence-electron chi connectivity index (χ1n) is 24.7. The molecule has 0 radical (unpaired) electrons. The van der Waals surface area contributed by atoms with Crippen LogP contribution in [0.4, 0.5) is 10.1 Å². The molecule has 0 saturated carbocycles. The molecule has 398 valence electrons. The molecule has 4 unspecified atom stereocenters. The fraction of sp³-hybridized carbons (Fsp3) is 0.180. The maximum atomic E-state index is 12.9. The minimum absolute atomic E-state index is 0.0805. The Kier molecular flexibility index (Phi) is 17.5. The lowest BCUT2D eigenvalue weighted by molar-refractivity contribution is -0.139. The number of carboxylic acids is 4. The molecule has 0 spiro atoms. The Labute approximate surface area is 462 Å². The summed E-state index contributed by atoms with van der Waals surface area (Å²) in [7, 11) is 0. The number of benzene rings is 7. The van der Waals surface area contributed by atoms with Crippen LogP contribution in [-0.4, -0.2) is 73.1 Å². The highest BCUT2D eigenvalue weighted by Gasteiger charge is 2.23. The van der Waals surface area contributed by atoms with Gasteiger partial charge in [-0.15, -0.1) is 0 Å². The van der Waals surface area contributed by atoms with Gasteiger partial charge in [0.2, 0.25) is 5.89 Å². The Balaban J connectivity index is 0.000000138. The molecule has 13 nitrogen and oxygen atoms in total. The van der Waals surface area contributed by atoms with Crippen molar-refractivity contribution in [1.82, 2.24) is 9.97 Å². The predicted octanol–water partition coefficient (Wildman–Crippen LogP) is 14.7. The summed E-state index contributed by atoms with van der Waals surface area (Å²) >= 11 is 13.8. The first-order valence-corrected chi connectivity index (χ1v) is 26.2. The lowest BCUT2D eigenvalue weighted by Crippen LogP contribution is -2.19. The third-order valence-electron chi connectivity index (χ3n) is 13.5. The van der Waals surface area contributed by atoms with Crippen LogP contribution >= 0.6 is 35.0 Å². The monoisotopic (exact) mass is 1110 g/mol. The molecule has 2 aromatic heterocycles. The van der Waals surface area contributed by atoms with Gasteiger partial charge in [0.1, 0.15) is 11.3 Å². The van der Waals surface area contributed by atoms with Gasteiger partial charge in [0, 0.05) is 67.3 Å². The first-order chi connectivity index (χ1) is 37.3. The second kappa shape index (κ2) is 24.4. The molecule has 0 amide bonds. The molecule has 9 aromatic rings. The molecular formula is C61H52Cl2FN3O10S. The second-order valence-corrected chi connectivity index (χ2v) is 20.7. The molecule has 0 fully saturated rings. The van der Waals surface area contributed by atoms with E-state index in [0.717, 1.165) is 78.2 Å². The van der Waals surface area contributed by atoms with Gasteiger partial charge in [0.15, 0.2) is 11.4 Å². The van der Waals surface area contributed by atoms with Crippen LogP contribution < -0.4 is 4.90 Å². The number of aromatic amines is 1. The van der Waals surface area contributed by atoms with Gasteiger partial charge in [-0.3, -0.25) is 24.0 Å². The van der Waals surface area contributed by atoms with Gasteiger partial charge in [-0.05, 0) is 140 Å². The zero-order valence-electron chi connectivity index (χ0n) is 42.5. The van der Waals surface area contributed by atoms with Crippen molar-refractivity contribution < 1.29 is 53.2 Å². The number of aromatic nitrogens is 2. The summed E-state index contributed by atoms with van der Waals surface area (Å²) in [6, 6.07) is 41.0. The molecule has 0 aliphatic carbocycles. The Morgan fingerprint density at radius 3 is 1.85 bits per heavy atom. The van der Waals surface area contributed by atoms with Crippen LogP contribution in [0.15, 0.2) is 166 Å². The molecule has 0 bridgehead atoms. The SMILES string of the molecule is CC(C(=O)O)c1ccc(N2CC=CC2)c(Cl)c1.CC(C(=O)O)c1ccc2c(c1)CC(=O)c1ccccc1S2.CC(C(=O)O)c1ccc2c(c1)[nH]c1ccc(Cl)cc12.CC(C(=O)O)c1ccc2oc(-c3ccc(F)cc3)nc2c1. The molecule has 78 heavy (non-hydrogen) atoms. The van der Waals surface area contributed by atoms with Gasteiger partial charge in [-0.2, -0.15) is 0 Å². The number of Topliss-reactive ketones (excluding diaryl/α,β-unsaturated/α-hetero) is 1. The summed E-state index contributed by atoms with van der Waals surface area (Å²) in [6.07, 6.45) is 4.49. The van der Waals surface area contributed by atoms with Gasteiger partial charge in [-0.25, -0.2) is 9.37 Å². The smallest absolute Gasteiger partial charge is 0.310 e. The maximum absolute atomic E-state index is 12.9. The van der Waals surface area contributed by atoms with E-state index in [9.17, 15) is 28.4 Å². The van der Waals surface area contributed by atoms with Crippen molar-refractivity contribution >= 4 is 103 Å². The Bertz CT molecular complexity index is 3770. The molecule has 0 saturated heterocycles. The number of oxazole rings is 1. The minimum atomic E-state index is -0.892. The van der Waals surface area contributed by atoms with Crippen molar-refractivity contribution in [2.24, 2.45) is 0 Å². The highest BCUT2D eigenvalue weighted by atomic mass is 35.5. The number of hydrogen-bond acceptors (Lipinski definition) is 9. The molecule has 7 aromatic carbocycles. The summed E-state index contributed by atoms with van der Waals surface area (Å²) in [5, 5.41) is 39.6. The minimum Gasteiger partial charge on any atom is -0.481 e. The van der Waals surface area contributed by atoms with Gasteiger partial charge in [0.05, 0.1) is 34.4 Å². The van der Waals surface area contributed by atoms with Gasteiger partial charge in [0.25, 0.3) is 0 Å². The average Bonchev–Trinajstić information content (AvgIpc) is 4.23. The van der Waals surface area contributed by atoms with E-state index in [0.29, 0.717) is 44.6 Å². The van der Waals surface area contributed by atoms with Crippen molar-refractivity contribution in [1.29, 1.82) is 0 Å². The quantitative estimate of drug-likeness (QED) is 0.0808. The molecule has 2 aliphatic heterocycles. The van der Waals surface area contributed by atoms with E-state index >= 15 is 0 Å². The average molecular weight is 1110 g/mol. The third-order valence-corrected chi connectivity index (χ3v) is 15.3. The number of hydrogen-bond donors (Lipinski definition) is 5. The zero-order valence-corrected chi connectivity index (χ0v) is 44.9. The number of nitrogens with one attached hydrogen (secondary N) is 1. The maximum Gasteiger partial charge on any atom is 0.310 e. The van der Waals surface area contributed by atoms with Crippen LogP contribution in [0.5, 0.6) is 0 Å². The number of nitrogens with zero attached hydrogens (tertiary/aromatic N) is 2. The van der Waals surface area contributed by atoms with E-state index in [2.05, 4.69) is 27.0 Å². The van der Waals surface area contributed by atoms with E-state index in [1.807, 2.05) is 91.0 Å². The van der Waals surface area contributed by atoms with Crippen LogP contribution in [0.25, 0.3) is 44.4 Å². The van der Waals surface area contributed by atoms with E-state index in [1.54, 1.807) is 75.9 Å². The number of rotatable bonds is 10. The summed E-state index contributed by atoms with van der Waals surface area (Å²) in [4.78, 5) is 68.1. The van der Waals surface area contributed by atoms with Crippen molar-refractivity contribution in [2.45, 2.75) is 67.6 Å². The number of carbonyl (C=O) groups excluding carboxylic acids is 1. The number of anilines is 1. The predicted molar refractivity (Wildman–Crippen MR) is 302 cm³/mol. The normalized spacial score (nSPS) is 14.0. The van der Waals surface area contributed by atoms with Crippen LogP contribution in [0.1, 0.15) is 89.5 Å². The number of aliphatic carboxylic acids is 4. The van der Waals surface area contributed by atoms with Gasteiger partial charge in [-0.1, -0.05) is 102 Å². The molecule has 17 heteroatoms. The van der Waals surface area contributed by atoms with Crippen molar-refractivity contribution in [2.75, 3.05) is 18.0 Å². The molecule has 5 N–H and O–H groups in total. The number of halogens is 3. The van der Waals surface area contributed by atoms with E-state index < -0.39 is 47.5 Å². The molecule has 2 aliphatic rings. The van der Waals surface area contributed by atoms with Crippen molar-refractivity contribution in [3.8, 4) is 11.5 Å². The Morgan fingerprint density at radius 2 is 1.21 bits per heavy atom. The Morgan fingerprint density at radius 1 is 0.628 bits per heavy atom. The number of carbonyl (C=O) groups is 5. The molecule has 4 heterocycles. The van der Waals surface area contributed by atoms with E-state index in [4.69, 9.17) is 48.0 Å². The molecule has 11 rings (SSSR count). The van der Waals surface area contributed by atoms with Crippen LogP contribution in [0.2, 0.25) is 10.0 Å². The number of ketones is 1. The fourth-order valence-corrected chi connectivity index (χ4v) is 10.2. The highest BCUT2D eigenvalue weighted by molar-refractivity contribution is 7.99. The number of H-pyrrole nitrogens is 1.